The Morgan fingerprint density at radius 2 is 1.88 bits per heavy atom. The van der Waals surface area contributed by atoms with Crippen molar-refractivity contribution in [1.82, 2.24) is 23.9 Å². The highest BCUT2D eigenvalue weighted by atomic mass is 19.4. The van der Waals surface area contributed by atoms with E-state index in [4.69, 9.17) is 5.73 Å². The van der Waals surface area contributed by atoms with E-state index < -0.39 is 29.0 Å². The molecule has 0 radical (unpaired) electrons. The minimum Gasteiger partial charge on any atom is -0.383 e. The fourth-order valence-electron chi connectivity index (χ4n) is 3.12. The van der Waals surface area contributed by atoms with Gasteiger partial charge in [0.2, 0.25) is 0 Å². The summed E-state index contributed by atoms with van der Waals surface area (Å²) in [6.07, 6.45) is -1.17. The van der Waals surface area contributed by atoms with Gasteiger partial charge in [0.25, 0.3) is 11.5 Å². The van der Waals surface area contributed by atoms with Crippen molar-refractivity contribution in [2.24, 2.45) is 5.92 Å². The lowest BCUT2D eigenvalue weighted by Gasteiger charge is -2.17. The predicted octanol–water partition coefficient (Wildman–Crippen LogP) is 2.12. The molecule has 10 nitrogen and oxygen atoms in total. The number of nitrogens with one attached hydrogen (secondary N) is 1. The topological polar surface area (TPSA) is 130 Å². The number of nitrogen functional groups attached to an aromatic ring is 1. The third kappa shape index (κ3) is 4.81. The third-order valence-electron chi connectivity index (χ3n) is 4.72. The van der Waals surface area contributed by atoms with Crippen molar-refractivity contribution in [1.29, 1.82) is 0 Å². The van der Waals surface area contributed by atoms with Gasteiger partial charge in [-0.05, 0) is 25.0 Å². The zero-order valence-corrected chi connectivity index (χ0v) is 18.1. The van der Waals surface area contributed by atoms with Gasteiger partial charge in [0.05, 0.1) is 23.6 Å². The summed E-state index contributed by atoms with van der Waals surface area (Å²) in [6.45, 7) is 5.67. The first kappa shape index (κ1) is 23.8. The molecule has 0 bridgehead atoms. The van der Waals surface area contributed by atoms with E-state index in [0.717, 1.165) is 27.6 Å². The van der Waals surface area contributed by atoms with Gasteiger partial charge in [-0.3, -0.25) is 18.7 Å². The van der Waals surface area contributed by atoms with Crippen molar-refractivity contribution in [3.63, 3.8) is 0 Å². The standard InChI is InChI=1S/C20H22F3N7O3/c1-4-28-16(24)15(18(32)29(19(28)33)9-11(2)3)27-17(31)12-7-26-30(10-12)13-5-6-14(25-8-13)20(21,22)23/h5-8,10-11H,4,9,24H2,1-3H3,(H,27,31). The molecule has 0 aliphatic heterocycles. The lowest BCUT2D eigenvalue weighted by atomic mass is 10.2. The maximum Gasteiger partial charge on any atom is 0.433 e. The second-order valence-corrected chi connectivity index (χ2v) is 7.62. The molecule has 0 aromatic carbocycles. The van der Waals surface area contributed by atoms with E-state index in [-0.39, 0.29) is 41.8 Å². The molecule has 0 saturated heterocycles. The van der Waals surface area contributed by atoms with Crippen LogP contribution in [0.1, 0.15) is 36.8 Å². The van der Waals surface area contributed by atoms with Crippen LogP contribution in [0.3, 0.4) is 0 Å². The van der Waals surface area contributed by atoms with Gasteiger partial charge in [0.1, 0.15) is 17.2 Å². The van der Waals surface area contributed by atoms with Gasteiger partial charge in [-0.2, -0.15) is 18.3 Å². The molecule has 3 N–H and O–H groups in total. The normalized spacial score (nSPS) is 11.7. The molecule has 3 aromatic heterocycles. The Kier molecular flexibility index (Phi) is 6.42. The minimum atomic E-state index is -4.58. The zero-order valence-electron chi connectivity index (χ0n) is 18.1. The van der Waals surface area contributed by atoms with Gasteiger partial charge in [-0.1, -0.05) is 13.8 Å². The van der Waals surface area contributed by atoms with E-state index in [1.165, 1.54) is 17.0 Å². The molecular formula is C20H22F3N7O3. The van der Waals surface area contributed by atoms with Crippen molar-refractivity contribution in [3.8, 4) is 5.69 Å². The van der Waals surface area contributed by atoms with Crippen molar-refractivity contribution in [3.05, 3.63) is 62.8 Å². The summed E-state index contributed by atoms with van der Waals surface area (Å²) in [4.78, 5) is 41.5. The molecule has 3 rings (SSSR count). The van der Waals surface area contributed by atoms with Crippen molar-refractivity contribution >= 4 is 17.4 Å². The van der Waals surface area contributed by atoms with Gasteiger partial charge < -0.3 is 11.1 Å². The van der Waals surface area contributed by atoms with Gasteiger partial charge >= 0.3 is 11.9 Å². The van der Waals surface area contributed by atoms with Crippen LogP contribution in [0.15, 0.2) is 40.3 Å². The largest absolute Gasteiger partial charge is 0.433 e. The molecule has 0 fully saturated rings. The number of hydrogen-bond donors (Lipinski definition) is 2. The summed E-state index contributed by atoms with van der Waals surface area (Å²) in [5.74, 6) is -0.925. The number of hydrogen-bond acceptors (Lipinski definition) is 6. The van der Waals surface area contributed by atoms with Gasteiger partial charge in [-0.15, -0.1) is 0 Å². The maximum atomic E-state index is 12.9. The number of amides is 1. The van der Waals surface area contributed by atoms with Crippen LogP contribution in [0, 0.1) is 5.92 Å². The summed E-state index contributed by atoms with van der Waals surface area (Å²) in [7, 11) is 0. The highest BCUT2D eigenvalue weighted by Crippen LogP contribution is 2.27. The second-order valence-electron chi connectivity index (χ2n) is 7.62. The number of carbonyl (C=O) groups excluding carboxylic acids is 1. The summed E-state index contributed by atoms with van der Waals surface area (Å²) in [5, 5.41) is 6.38. The Bertz CT molecular complexity index is 1290. The molecule has 0 unspecified atom stereocenters. The average molecular weight is 465 g/mol. The molecule has 1 amide bonds. The van der Waals surface area contributed by atoms with Gasteiger partial charge in [-0.25, -0.2) is 14.5 Å². The first-order valence-electron chi connectivity index (χ1n) is 9.96. The molecule has 33 heavy (non-hydrogen) atoms. The monoisotopic (exact) mass is 465 g/mol. The molecule has 13 heteroatoms. The first-order chi connectivity index (χ1) is 15.4. The number of anilines is 2. The third-order valence-corrected chi connectivity index (χ3v) is 4.72. The van der Waals surface area contributed by atoms with Crippen LogP contribution >= 0.6 is 0 Å². The molecule has 0 aliphatic rings. The number of rotatable bonds is 6. The number of nitrogens with zero attached hydrogens (tertiary/aromatic N) is 5. The van der Waals surface area contributed by atoms with Crippen LogP contribution in [0.5, 0.6) is 0 Å². The smallest absolute Gasteiger partial charge is 0.383 e. The number of alkyl halides is 3. The number of pyridine rings is 1. The van der Waals surface area contributed by atoms with Crippen molar-refractivity contribution in [2.45, 2.75) is 40.0 Å². The molecule has 0 aliphatic carbocycles. The van der Waals surface area contributed by atoms with E-state index >= 15 is 0 Å². The molecule has 3 aromatic rings. The molecule has 176 valence electrons. The highest BCUT2D eigenvalue weighted by Gasteiger charge is 2.32. The zero-order chi connectivity index (χ0) is 24.5. The molecule has 0 spiro atoms. The molecular weight excluding hydrogens is 443 g/mol. The van der Waals surface area contributed by atoms with Crippen LogP contribution in [0.25, 0.3) is 5.69 Å². The van der Waals surface area contributed by atoms with E-state index in [0.29, 0.717) is 0 Å². The van der Waals surface area contributed by atoms with Gasteiger partial charge in [0, 0.05) is 19.3 Å². The van der Waals surface area contributed by atoms with E-state index in [9.17, 15) is 27.6 Å². The highest BCUT2D eigenvalue weighted by molar-refractivity contribution is 6.05. The number of carbonyl (C=O) groups is 1. The summed E-state index contributed by atoms with van der Waals surface area (Å²) in [6, 6.07) is 1.95. The molecule has 3 heterocycles. The van der Waals surface area contributed by atoms with Gasteiger partial charge in [0.15, 0.2) is 0 Å². The Balaban J connectivity index is 1.92. The number of halogens is 3. The number of aromatic nitrogens is 5. The lowest BCUT2D eigenvalue weighted by molar-refractivity contribution is -0.141. The SMILES string of the molecule is CCn1c(N)c(NC(=O)c2cnn(-c3ccc(C(F)(F)F)nc3)c2)c(=O)n(CC(C)C)c1=O. The van der Waals surface area contributed by atoms with Crippen LogP contribution in [-0.4, -0.2) is 29.8 Å². The van der Waals surface area contributed by atoms with Crippen molar-refractivity contribution < 1.29 is 18.0 Å². The molecule has 0 saturated carbocycles. The van der Waals surface area contributed by atoms with Crippen LogP contribution in [0.4, 0.5) is 24.7 Å². The quantitative estimate of drug-likeness (QED) is 0.574. The fraction of sp³-hybridized carbons (Fsp3) is 0.350. The van der Waals surface area contributed by atoms with Crippen LogP contribution in [0.2, 0.25) is 0 Å². The predicted molar refractivity (Wildman–Crippen MR) is 114 cm³/mol. The van der Waals surface area contributed by atoms with Crippen LogP contribution < -0.4 is 22.3 Å². The minimum absolute atomic E-state index is 0.0107. The fourth-order valence-corrected chi connectivity index (χ4v) is 3.12. The summed E-state index contributed by atoms with van der Waals surface area (Å²) in [5.41, 5.74) is 3.58. The lowest BCUT2D eigenvalue weighted by Crippen LogP contribution is -2.43. The average Bonchev–Trinajstić information content (AvgIpc) is 3.24. The van der Waals surface area contributed by atoms with Crippen LogP contribution in [-0.2, 0) is 19.3 Å². The Hall–Kier alpha value is -3.90. The Morgan fingerprint density at radius 3 is 2.42 bits per heavy atom. The number of nitrogens with two attached hydrogens (primary N) is 1. The van der Waals surface area contributed by atoms with Crippen molar-refractivity contribution in [2.75, 3.05) is 11.1 Å². The summed E-state index contributed by atoms with van der Waals surface area (Å²) >= 11 is 0. The Labute approximate surface area is 185 Å². The second kappa shape index (κ2) is 8.92. The maximum absolute atomic E-state index is 12.9. The van der Waals surface area contributed by atoms with E-state index in [1.54, 1.807) is 6.92 Å². The summed E-state index contributed by atoms with van der Waals surface area (Å²) < 4.78 is 41.4. The van der Waals surface area contributed by atoms with E-state index in [1.807, 2.05) is 13.8 Å². The van der Waals surface area contributed by atoms with E-state index in [2.05, 4.69) is 15.4 Å². The first-order valence-corrected chi connectivity index (χ1v) is 9.96. The Morgan fingerprint density at radius 1 is 1.18 bits per heavy atom. The molecule has 0 atom stereocenters.